The molecule has 0 aromatic carbocycles. The van der Waals surface area contributed by atoms with Crippen LogP contribution in [0.5, 0.6) is 0 Å². The summed E-state index contributed by atoms with van der Waals surface area (Å²) in [6.45, 7) is 4.40. The van der Waals surface area contributed by atoms with Crippen molar-refractivity contribution in [1.82, 2.24) is 0 Å². The molecule has 0 aliphatic carbocycles. The molecule has 0 spiro atoms. The van der Waals surface area contributed by atoms with E-state index in [0.29, 0.717) is 5.92 Å². The molecule has 1 unspecified atom stereocenters. The molecular weight excluding hydrogens is 196 g/mol. The number of rotatable bonds is 6. The minimum atomic E-state index is 0.269. The van der Waals surface area contributed by atoms with Gasteiger partial charge in [-0.2, -0.15) is 11.8 Å². The highest BCUT2D eigenvalue weighted by Crippen LogP contribution is 2.17. The van der Waals surface area contributed by atoms with Crippen LogP contribution in [0.25, 0.3) is 0 Å². The fraction of sp³-hybridized carbons (Fsp3) is 0.636. The molecule has 1 aromatic heterocycles. The summed E-state index contributed by atoms with van der Waals surface area (Å²) in [7, 11) is 0. The zero-order valence-corrected chi connectivity index (χ0v) is 9.64. The van der Waals surface area contributed by atoms with Crippen LogP contribution >= 0.6 is 11.8 Å². The quantitative estimate of drug-likeness (QED) is 0.790. The monoisotopic (exact) mass is 214 g/mol. The highest BCUT2D eigenvalue weighted by atomic mass is 32.2. The van der Waals surface area contributed by atoms with Crippen LogP contribution in [0.3, 0.4) is 0 Å². The molecule has 1 aromatic rings. The first-order chi connectivity index (χ1) is 6.76. The standard InChI is InChI=1S/C11H18O2S/c1-3-10-4-5-11(13-10)8-14-7-9(2)6-12/h4-5,9,12H,3,6-8H2,1-2H3. The van der Waals surface area contributed by atoms with Gasteiger partial charge < -0.3 is 9.52 Å². The molecule has 2 nitrogen and oxygen atoms in total. The molecule has 0 saturated heterocycles. The first-order valence-electron chi connectivity index (χ1n) is 5.02. The van der Waals surface area contributed by atoms with Crippen molar-refractivity contribution in [3.63, 3.8) is 0 Å². The van der Waals surface area contributed by atoms with Gasteiger partial charge in [-0.05, 0) is 23.8 Å². The van der Waals surface area contributed by atoms with Gasteiger partial charge in [-0.25, -0.2) is 0 Å². The van der Waals surface area contributed by atoms with Crippen LogP contribution in [0.15, 0.2) is 16.5 Å². The van der Waals surface area contributed by atoms with E-state index in [1.54, 1.807) is 0 Å². The second-order valence-electron chi connectivity index (χ2n) is 3.52. The fourth-order valence-electron chi connectivity index (χ4n) is 1.10. The second kappa shape index (κ2) is 6.14. The number of aryl methyl sites for hydroxylation is 1. The van der Waals surface area contributed by atoms with Gasteiger partial charge >= 0.3 is 0 Å². The van der Waals surface area contributed by atoms with Crippen LogP contribution in [-0.2, 0) is 12.2 Å². The zero-order chi connectivity index (χ0) is 10.4. The van der Waals surface area contributed by atoms with E-state index in [9.17, 15) is 0 Å². The van der Waals surface area contributed by atoms with Crippen LogP contribution in [0.1, 0.15) is 25.4 Å². The molecule has 1 N–H and O–H groups in total. The molecule has 0 bridgehead atoms. The van der Waals surface area contributed by atoms with Crippen molar-refractivity contribution in [2.75, 3.05) is 12.4 Å². The molecule has 0 amide bonds. The highest BCUT2D eigenvalue weighted by Gasteiger charge is 2.03. The van der Waals surface area contributed by atoms with E-state index < -0.39 is 0 Å². The first kappa shape index (κ1) is 11.7. The average molecular weight is 214 g/mol. The fourth-order valence-corrected chi connectivity index (χ4v) is 2.09. The Labute approximate surface area is 89.7 Å². The molecule has 0 aliphatic rings. The molecule has 3 heteroatoms. The topological polar surface area (TPSA) is 33.4 Å². The Morgan fingerprint density at radius 1 is 1.43 bits per heavy atom. The number of thioether (sulfide) groups is 1. The lowest BCUT2D eigenvalue weighted by atomic mass is 10.2. The first-order valence-corrected chi connectivity index (χ1v) is 6.18. The molecular formula is C11H18O2S. The third kappa shape index (κ3) is 3.76. The number of hydrogen-bond acceptors (Lipinski definition) is 3. The Kier molecular flexibility index (Phi) is 5.12. The minimum Gasteiger partial charge on any atom is -0.465 e. The summed E-state index contributed by atoms with van der Waals surface area (Å²) in [6.07, 6.45) is 0.956. The Balaban J connectivity index is 2.24. The molecule has 0 fully saturated rings. The lowest BCUT2D eigenvalue weighted by Gasteiger charge is -2.05. The van der Waals surface area contributed by atoms with E-state index >= 15 is 0 Å². The summed E-state index contributed by atoms with van der Waals surface area (Å²) in [5.41, 5.74) is 0. The normalized spacial score (nSPS) is 13.1. The molecule has 0 radical (unpaired) electrons. The van der Waals surface area contributed by atoms with Crippen LogP contribution in [-0.4, -0.2) is 17.5 Å². The highest BCUT2D eigenvalue weighted by molar-refractivity contribution is 7.98. The van der Waals surface area contributed by atoms with Gasteiger partial charge in [0.15, 0.2) is 0 Å². The van der Waals surface area contributed by atoms with Crippen LogP contribution in [0, 0.1) is 5.92 Å². The van der Waals surface area contributed by atoms with Gasteiger partial charge in [0, 0.05) is 13.0 Å². The number of hydrogen-bond donors (Lipinski definition) is 1. The van der Waals surface area contributed by atoms with E-state index in [-0.39, 0.29) is 6.61 Å². The molecule has 1 atom stereocenters. The molecule has 80 valence electrons. The van der Waals surface area contributed by atoms with Crippen LogP contribution < -0.4 is 0 Å². The molecule has 1 rings (SSSR count). The predicted molar refractivity (Wildman–Crippen MR) is 60.5 cm³/mol. The predicted octanol–water partition coefficient (Wildman–Crippen LogP) is 2.70. The van der Waals surface area contributed by atoms with Gasteiger partial charge in [0.1, 0.15) is 11.5 Å². The van der Waals surface area contributed by atoms with Crippen LogP contribution in [0.4, 0.5) is 0 Å². The Hall–Kier alpha value is -0.410. The minimum absolute atomic E-state index is 0.269. The van der Waals surface area contributed by atoms with E-state index in [1.807, 2.05) is 30.8 Å². The number of aliphatic hydroxyl groups is 1. The number of furan rings is 1. The van der Waals surface area contributed by atoms with E-state index in [2.05, 4.69) is 6.92 Å². The summed E-state index contributed by atoms with van der Waals surface area (Å²) in [6, 6.07) is 4.07. The van der Waals surface area contributed by atoms with Gasteiger partial charge in [0.25, 0.3) is 0 Å². The summed E-state index contributed by atoms with van der Waals surface area (Å²) >= 11 is 1.81. The Morgan fingerprint density at radius 2 is 2.14 bits per heavy atom. The summed E-state index contributed by atoms with van der Waals surface area (Å²) in [4.78, 5) is 0. The van der Waals surface area contributed by atoms with Crippen molar-refractivity contribution >= 4 is 11.8 Å². The summed E-state index contributed by atoms with van der Waals surface area (Å²) in [5, 5.41) is 8.84. The maximum absolute atomic E-state index is 8.84. The lowest BCUT2D eigenvalue weighted by molar-refractivity contribution is 0.250. The second-order valence-corrected chi connectivity index (χ2v) is 4.55. The SMILES string of the molecule is CCc1ccc(CSCC(C)CO)o1. The number of aliphatic hydroxyl groups excluding tert-OH is 1. The van der Waals surface area contributed by atoms with E-state index in [0.717, 1.165) is 29.4 Å². The van der Waals surface area contributed by atoms with E-state index in [4.69, 9.17) is 9.52 Å². The average Bonchev–Trinajstić information content (AvgIpc) is 2.65. The lowest BCUT2D eigenvalue weighted by Crippen LogP contribution is -2.03. The van der Waals surface area contributed by atoms with Crippen LogP contribution in [0.2, 0.25) is 0 Å². The summed E-state index contributed by atoms with van der Waals surface area (Å²) < 4.78 is 5.56. The molecule has 14 heavy (non-hydrogen) atoms. The molecule has 0 aliphatic heterocycles. The molecule has 1 heterocycles. The van der Waals surface area contributed by atoms with Gasteiger partial charge in [-0.1, -0.05) is 13.8 Å². The summed E-state index contributed by atoms with van der Waals surface area (Å²) in [5.74, 6) is 4.36. The third-order valence-corrected chi connectivity index (χ3v) is 3.32. The van der Waals surface area contributed by atoms with Crippen molar-refractivity contribution in [2.45, 2.75) is 26.0 Å². The van der Waals surface area contributed by atoms with E-state index in [1.165, 1.54) is 0 Å². The van der Waals surface area contributed by atoms with Crippen molar-refractivity contribution in [3.8, 4) is 0 Å². The molecule has 0 saturated carbocycles. The van der Waals surface area contributed by atoms with Gasteiger partial charge in [-0.15, -0.1) is 0 Å². The Bertz CT molecular complexity index is 258. The van der Waals surface area contributed by atoms with Crippen molar-refractivity contribution in [2.24, 2.45) is 5.92 Å². The van der Waals surface area contributed by atoms with Crippen molar-refractivity contribution in [3.05, 3.63) is 23.7 Å². The van der Waals surface area contributed by atoms with Gasteiger partial charge in [-0.3, -0.25) is 0 Å². The largest absolute Gasteiger partial charge is 0.465 e. The van der Waals surface area contributed by atoms with Crippen molar-refractivity contribution in [1.29, 1.82) is 0 Å². The maximum atomic E-state index is 8.84. The zero-order valence-electron chi connectivity index (χ0n) is 8.82. The van der Waals surface area contributed by atoms with Gasteiger partial charge in [0.2, 0.25) is 0 Å². The maximum Gasteiger partial charge on any atom is 0.114 e. The Morgan fingerprint density at radius 3 is 2.71 bits per heavy atom. The smallest absolute Gasteiger partial charge is 0.114 e. The third-order valence-electron chi connectivity index (χ3n) is 2.02. The van der Waals surface area contributed by atoms with Crippen molar-refractivity contribution < 1.29 is 9.52 Å². The van der Waals surface area contributed by atoms with Gasteiger partial charge in [0.05, 0.1) is 5.75 Å².